The molecule has 0 aliphatic carbocycles. The van der Waals surface area contributed by atoms with E-state index in [1.807, 2.05) is 0 Å². The highest BCUT2D eigenvalue weighted by molar-refractivity contribution is 5.86. The number of aryl methyl sites for hydroxylation is 3. The van der Waals surface area contributed by atoms with Gasteiger partial charge < -0.3 is 0 Å². The fourth-order valence-electron chi connectivity index (χ4n) is 3.29. The van der Waals surface area contributed by atoms with Crippen LogP contribution in [0.1, 0.15) is 36.1 Å². The van der Waals surface area contributed by atoms with Crippen molar-refractivity contribution in [2.24, 2.45) is 5.92 Å². The van der Waals surface area contributed by atoms with Crippen molar-refractivity contribution in [3.63, 3.8) is 0 Å². The molecule has 0 spiro atoms. The van der Waals surface area contributed by atoms with Crippen molar-refractivity contribution in [1.82, 2.24) is 4.98 Å². The molecule has 1 heterocycles. The van der Waals surface area contributed by atoms with E-state index in [1.165, 1.54) is 33.2 Å². The molecule has 0 saturated carbocycles. The smallest absolute Gasteiger partial charge is 0.0712 e. The Morgan fingerprint density at radius 2 is 1.52 bits per heavy atom. The largest absolute Gasteiger partial charge is 0.248 e. The Bertz CT molecular complexity index is 839. The van der Waals surface area contributed by atoms with E-state index in [0.717, 1.165) is 17.6 Å². The Labute approximate surface area is 139 Å². The molecule has 1 heteroatoms. The zero-order chi connectivity index (χ0) is 16.6. The molecular formula is C22H25N. The maximum Gasteiger partial charge on any atom is 0.0712 e. The summed E-state index contributed by atoms with van der Waals surface area (Å²) in [6.07, 6.45) is 1.08. The minimum atomic E-state index is 0.633. The normalized spacial score (nSPS) is 11.4. The van der Waals surface area contributed by atoms with E-state index in [4.69, 9.17) is 4.98 Å². The molecule has 3 aromatic rings. The van der Waals surface area contributed by atoms with Crippen molar-refractivity contribution in [2.45, 2.75) is 41.0 Å². The number of fused-ring (bicyclic) bond motifs is 1. The molecule has 1 aromatic heterocycles. The molecule has 0 aliphatic rings. The molecule has 0 bridgehead atoms. The molecule has 0 radical (unpaired) electrons. The van der Waals surface area contributed by atoms with Gasteiger partial charge in [0.1, 0.15) is 0 Å². The minimum absolute atomic E-state index is 0.633. The summed E-state index contributed by atoms with van der Waals surface area (Å²) in [5.41, 5.74) is 8.68. The molecule has 0 N–H and O–H groups in total. The van der Waals surface area contributed by atoms with Crippen LogP contribution in [0.3, 0.4) is 0 Å². The summed E-state index contributed by atoms with van der Waals surface area (Å²) in [6.45, 7) is 11.0. The molecule has 0 atom stereocenters. The Balaban J connectivity index is 2.23. The molecule has 0 saturated heterocycles. The number of hydrogen-bond acceptors (Lipinski definition) is 1. The van der Waals surface area contributed by atoms with Crippen LogP contribution in [0.25, 0.3) is 22.2 Å². The van der Waals surface area contributed by atoms with Gasteiger partial charge >= 0.3 is 0 Å². The first-order chi connectivity index (χ1) is 10.9. The van der Waals surface area contributed by atoms with Crippen molar-refractivity contribution in [2.75, 3.05) is 0 Å². The van der Waals surface area contributed by atoms with Gasteiger partial charge in [0.05, 0.1) is 11.2 Å². The molecule has 23 heavy (non-hydrogen) atoms. The van der Waals surface area contributed by atoms with Gasteiger partial charge in [-0.25, -0.2) is 4.98 Å². The SMILES string of the molecule is Cc1cc(C)cc(-c2cc(CC(C)C)c3cc(C)ccc3n2)c1. The van der Waals surface area contributed by atoms with Crippen LogP contribution in [0.2, 0.25) is 0 Å². The maximum absolute atomic E-state index is 4.94. The molecule has 3 rings (SSSR count). The zero-order valence-electron chi connectivity index (χ0n) is 14.8. The van der Waals surface area contributed by atoms with E-state index < -0.39 is 0 Å². The molecule has 118 valence electrons. The summed E-state index contributed by atoms with van der Waals surface area (Å²) < 4.78 is 0. The van der Waals surface area contributed by atoms with Crippen LogP contribution < -0.4 is 0 Å². The Hall–Kier alpha value is -2.15. The fraction of sp³-hybridized carbons (Fsp3) is 0.318. The van der Waals surface area contributed by atoms with Gasteiger partial charge in [0.15, 0.2) is 0 Å². The summed E-state index contributed by atoms with van der Waals surface area (Å²) in [5.74, 6) is 0.633. The van der Waals surface area contributed by atoms with Crippen molar-refractivity contribution < 1.29 is 0 Å². The third kappa shape index (κ3) is 3.44. The maximum atomic E-state index is 4.94. The van der Waals surface area contributed by atoms with Gasteiger partial charge in [-0.1, -0.05) is 42.7 Å². The number of rotatable bonds is 3. The molecule has 2 aromatic carbocycles. The number of benzene rings is 2. The van der Waals surface area contributed by atoms with Crippen LogP contribution in [0.4, 0.5) is 0 Å². The summed E-state index contributed by atoms with van der Waals surface area (Å²) in [7, 11) is 0. The summed E-state index contributed by atoms with van der Waals surface area (Å²) >= 11 is 0. The summed E-state index contributed by atoms with van der Waals surface area (Å²) in [5, 5.41) is 1.30. The number of nitrogens with zero attached hydrogens (tertiary/aromatic N) is 1. The predicted molar refractivity (Wildman–Crippen MR) is 99.9 cm³/mol. The topological polar surface area (TPSA) is 12.9 Å². The predicted octanol–water partition coefficient (Wildman–Crippen LogP) is 6.03. The monoisotopic (exact) mass is 303 g/mol. The zero-order valence-corrected chi connectivity index (χ0v) is 14.8. The molecule has 0 fully saturated rings. The Morgan fingerprint density at radius 3 is 2.17 bits per heavy atom. The van der Waals surface area contributed by atoms with Crippen LogP contribution in [0.15, 0.2) is 42.5 Å². The van der Waals surface area contributed by atoms with Crippen molar-refractivity contribution >= 4 is 10.9 Å². The van der Waals surface area contributed by atoms with E-state index in [1.54, 1.807) is 0 Å². The third-order valence-electron chi connectivity index (χ3n) is 4.20. The Kier molecular flexibility index (Phi) is 4.21. The minimum Gasteiger partial charge on any atom is -0.248 e. The van der Waals surface area contributed by atoms with Crippen LogP contribution in [-0.2, 0) is 6.42 Å². The van der Waals surface area contributed by atoms with Crippen molar-refractivity contribution in [1.29, 1.82) is 0 Å². The molecule has 0 unspecified atom stereocenters. The third-order valence-corrected chi connectivity index (χ3v) is 4.20. The summed E-state index contributed by atoms with van der Waals surface area (Å²) in [4.78, 5) is 4.94. The molecule has 0 aliphatic heterocycles. The van der Waals surface area contributed by atoms with E-state index in [-0.39, 0.29) is 0 Å². The van der Waals surface area contributed by atoms with E-state index in [0.29, 0.717) is 5.92 Å². The lowest BCUT2D eigenvalue weighted by Gasteiger charge is -2.13. The van der Waals surface area contributed by atoms with Gasteiger partial charge in [-0.2, -0.15) is 0 Å². The highest BCUT2D eigenvalue weighted by Gasteiger charge is 2.10. The van der Waals surface area contributed by atoms with Gasteiger partial charge in [-0.3, -0.25) is 0 Å². The first-order valence-corrected chi connectivity index (χ1v) is 8.41. The molecule has 0 amide bonds. The lowest BCUT2D eigenvalue weighted by molar-refractivity contribution is 0.650. The second-order valence-corrected chi connectivity index (χ2v) is 7.16. The summed E-state index contributed by atoms with van der Waals surface area (Å²) in [6, 6.07) is 15.5. The van der Waals surface area contributed by atoms with Crippen molar-refractivity contribution in [3.8, 4) is 11.3 Å². The lowest BCUT2D eigenvalue weighted by Crippen LogP contribution is -1.98. The van der Waals surface area contributed by atoms with Gasteiger partial charge in [-0.05, 0) is 69.0 Å². The second kappa shape index (κ2) is 6.16. The number of pyridine rings is 1. The van der Waals surface area contributed by atoms with Crippen molar-refractivity contribution in [3.05, 3.63) is 64.7 Å². The quantitative estimate of drug-likeness (QED) is 0.576. The van der Waals surface area contributed by atoms with Crippen LogP contribution in [0.5, 0.6) is 0 Å². The van der Waals surface area contributed by atoms with Crippen LogP contribution in [0, 0.1) is 26.7 Å². The molecule has 1 nitrogen and oxygen atoms in total. The highest BCUT2D eigenvalue weighted by Crippen LogP contribution is 2.28. The molecular weight excluding hydrogens is 278 g/mol. The van der Waals surface area contributed by atoms with Crippen LogP contribution >= 0.6 is 0 Å². The average molecular weight is 303 g/mol. The van der Waals surface area contributed by atoms with Gasteiger partial charge in [0.2, 0.25) is 0 Å². The first kappa shape index (κ1) is 15.7. The first-order valence-electron chi connectivity index (χ1n) is 8.41. The van der Waals surface area contributed by atoms with Crippen LogP contribution in [-0.4, -0.2) is 4.98 Å². The van der Waals surface area contributed by atoms with E-state index in [9.17, 15) is 0 Å². The average Bonchev–Trinajstić information content (AvgIpc) is 2.46. The van der Waals surface area contributed by atoms with Gasteiger partial charge in [-0.15, -0.1) is 0 Å². The van der Waals surface area contributed by atoms with E-state index >= 15 is 0 Å². The Morgan fingerprint density at radius 1 is 0.826 bits per heavy atom. The lowest BCUT2D eigenvalue weighted by atomic mass is 9.95. The fourth-order valence-corrected chi connectivity index (χ4v) is 3.29. The van der Waals surface area contributed by atoms with E-state index in [2.05, 4.69) is 77.1 Å². The second-order valence-electron chi connectivity index (χ2n) is 7.16. The van der Waals surface area contributed by atoms with Gasteiger partial charge in [0.25, 0.3) is 0 Å². The number of hydrogen-bond donors (Lipinski definition) is 0. The highest BCUT2D eigenvalue weighted by atomic mass is 14.7. The van der Waals surface area contributed by atoms with Gasteiger partial charge in [0, 0.05) is 10.9 Å². The number of aromatic nitrogens is 1. The standard InChI is InChI=1S/C22H25N/c1-14(2)8-18-13-22(19-10-16(4)9-17(5)11-19)23-21-7-6-15(3)12-20(18)21/h6-7,9-14H,8H2,1-5H3.